The topological polar surface area (TPSA) is 42.0 Å². The second-order valence-corrected chi connectivity index (χ2v) is 6.15. The molecule has 4 heteroatoms. The molecule has 2 aromatic rings. The summed E-state index contributed by atoms with van der Waals surface area (Å²) in [5.41, 5.74) is 0.660. The zero-order valence-corrected chi connectivity index (χ0v) is 11.2. The van der Waals surface area contributed by atoms with Crippen LogP contribution in [0.2, 0.25) is 0 Å². The fourth-order valence-electron chi connectivity index (χ4n) is 2.46. The quantitative estimate of drug-likeness (QED) is 0.922. The van der Waals surface area contributed by atoms with Crippen molar-refractivity contribution in [2.45, 2.75) is 31.7 Å². The number of ketones is 1. The van der Waals surface area contributed by atoms with Gasteiger partial charge in [0.1, 0.15) is 5.01 Å². The summed E-state index contributed by atoms with van der Waals surface area (Å²) in [4.78, 5) is 16.8. The van der Waals surface area contributed by atoms with E-state index in [0.29, 0.717) is 6.42 Å². The fourth-order valence-corrected chi connectivity index (χ4v) is 3.43. The highest BCUT2D eigenvalue weighted by atomic mass is 32.1. The number of fused-ring (bicyclic) bond motifs is 1. The van der Waals surface area contributed by atoms with Crippen molar-refractivity contribution in [1.82, 2.24) is 10.3 Å². The van der Waals surface area contributed by atoms with E-state index in [-0.39, 0.29) is 11.3 Å². The zero-order valence-electron chi connectivity index (χ0n) is 10.4. The molecule has 1 aliphatic heterocycles. The van der Waals surface area contributed by atoms with E-state index in [0.717, 1.165) is 34.6 Å². The fraction of sp³-hybridized carbons (Fsp3) is 0.429. The molecule has 1 N–H and O–H groups in total. The third kappa shape index (κ3) is 2.06. The maximum Gasteiger partial charge on any atom is 0.159 e. The minimum absolute atomic E-state index is 0.263. The lowest BCUT2D eigenvalue weighted by atomic mass is 9.93. The number of Topliss-reactive ketones (excluding diaryl/α,β-unsaturated/α-hetero) is 1. The number of benzene rings is 1. The molecule has 0 radical (unpaired) electrons. The first kappa shape index (κ1) is 11.8. The summed E-state index contributed by atoms with van der Waals surface area (Å²) >= 11 is 1.62. The molecule has 2 heterocycles. The number of para-hydroxylation sites is 1. The summed E-state index contributed by atoms with van der Waals surface area (Å²) in [5, 5.41) is 4.24. The van der Waals surface area contributed by atoms with Crippen molar-refractivity contribution in [1.29, 1.82) is 0 Å². The molecule has 0 aliphatic carbocycles. The van der Waals surface area contributed by atoms with Crippen LogP contribution in [0.15, 0.2) is 24.3 Å². The Labute approximate surface area is 110 Å². The highest BCUT2D eigenvalue weighted by Gasteiger charge is 2.35. The SMILES string of the molecule is CC1(C(=O)Cc2nc3ccccc3s2)CCCN1. The van der Waals surface area contributed by atoms with Gasteiger partial charge in [-0.15, -0.1) is 11.3 Å². The average Bonchev–Trinajstić information content (AvgIpc) is 2.95. The van der Waals surface area contributed by atoms with Crippen LogP contribution in [-0.2, 0) is 11.2 Å². The van der Waals surface area contributed by atoms with Crippen molar-refractivity contribution >= 4 is 27.3 Å². The van der Waals surface area contributed by atoms with Gasteiger partial charge < -0.3 is 5.32 Å². The molecule has 1 aromatic heterocycles. The van der Waals surface area contributed by atoms with Gasteiger partial charge in [0.2, 0.25) is 0 Å². The summed E-state index contributed by atoms with van der Waals surface area (Å²) in [5.74, 6) is 0.263. The molecule has 1 fully saturated rings. The van der Waals surface area contributed by atoms with E-state index in [1.165, 1.54) is 0 Å². The van der Waals surface area contributed by atoms with Crippen molar-refractivity contribution in [3.63, 3.8) is 0 Å². The molecule has 1 saturated heterocycles. The summed E-state index contributed by atoms with van der Waals surface area (Å²) < 4.78 is 1.16. The van der Waals surface area contributed by atoms with Crippen molar-refractivity contribution in [3.8, 4) is 0 Å². The lowest BCUT2D eigenvalue weighted by molar-refractivity contribution is -0.123. The van der Waals surface area contributed by atoms with Gasteiger partial charge in [-0.25, -0.2) is 4.98 Å². The lowest BCUT2D eigenvalue weighted by Crippen LogP contribution is -2.45. The number of carbonyl (C=O) groups excluding carboxylic acids is 1. The van der Waals surface area contributed by atoms with Gasteiger partial charge in [0.05, 0.1) is 22.2 Å². The van der Waals surface area contributed by atoms with E-state index in [9.17, 15) is 4.79 Å². The first-order valence-electron chi connectivity index (χ1n) is 6.30. The highest BCUT2D eigenvalue weighted by molar-refractivity contribution is 7.18. The number of carbonyl (C=O) groups is 1. The Hall–Kier alpha value is -1.26. The van der Waals surface area contributed by atoms with Gasteiger partial charge in [0, 0.05) is 0 Å². The molecule has 0 amide bonds. The number of hydrogen-bond acceptors (Lipinski definition) is 4. The van der Waals surface area contributed by atoms with Crippen molar-refractivity contribution in [2.75, 3.05) is 6.54 Å². The molecular weight excluding hydrogens is 244 g/mol. The number of nitrogens with zero attached hydrogens (tertiary/aromatic N) is 1. The highest BCUT2D eigenvalue weighted by Crippen LogP contribution is 2.25. The zero-order chi connectivity index (χ0) is 12.6. The Bertz CT molecular complexity index is 551. The van der Waals surface area contributed by atoms with Gasteiger partial charge >= 0.3 is 0 Å². The molecule has 94 valence electrons. The Morgan fingerprint density at radius 3 is 3.06 bits per heavy atom. The third-order valence-electron chi connectivity index (χ3n) is 3.63. The van der Waals surface area contributed by atoms with Gasteiger partial charge in [-0.2, -0.15) is 0 Å². The van der Waals surface area contributed by atoms with Crippen LogP contribution in [0, 0.1) is 0 Å². The number of aromatic nitrogens is 1. The minimum atomic E-state index is -0.335. The van der Waals surface area contributed by atoms with Gasteiger partial charge in [-0.3, -0.25) is 4.79 Å². The van der Waals surface area contributed by atoms with Crippen molar-refractivity contribution < 1.29 is 4.79 Å². The van der Waals surface area contributed by atoms with E-state index in [2.05, 4.69) is 16.4 Å². The molecular formula is C14H16N2OS. The monoisotopic (exact) mass is 260 g/mol. The summed E-state index contributed by atoms with van der Waals surface area (Å²) in [6, 6.07) is 8.03. The van der Waals surface area contributed by atoms with E-state index >= 15 is 0 Å². The number of hydrogen-bond donors (Lipinski definition) is 1. The Kier molecular flexibility index (Phi) is 2.92. The first-order valence-corrected chi connectivity index (χ1v) is 7.12. The predicted octanol–water partition coefficient (Wildman–Crippen LogP) is 2.55. The smallest absolute Gasteiger partial charge is 0.159 e. The molecule has 1 unspecified atom stereocenters. The van der Waals surface area contributed by atoms with Crippen LogP contribution < -0.4 is 5.32 Å². The van der Waals surface area contributed by atoms with Crippen LogP contribution in [0.4, 0.5) is 0 Å². The number of nitrogens with one attached hydrogen (secondary N) is 1. The Balaban J connectivity index is 1.81. The van der Waals surface area contributed by atoms with Crippen LogP contribution in [0.3, 0.4) is 0 Å². The second kappa shape index (κ2) is 4.44. The Morgan fingerprint density at radius 1 is 1.50 bits per heavy atom. The van der Waals surface area contributed by atoms with Crippen LogP contribution in [0.25, 0.3) is 10.2 Å². The van der Waals surface area contributed by atoms with E-state index in [1.807, 2.05) is 25.1 Å². The van der Waals surface area contributed by atoms with Gasteiger partial charge in [-0.05, 0) is 38.4 Å². The normalized spacial score (nSPS) is 23.6. The minimum Gasteiger partial charge on any atom is -0.305 e. The van der Waals surface area contributed by atoms with Crippen LogP contribution >= 0.6 is 11.3 Å². The van der Waals surface area contributed by atoms with Crippen molar-refractivity contribution in [2.24, 2.45) is 0 Å². The molecule has 1 aromatic carbocycles. The van der Waals surface area contributed by atoms with Crippen LogP contribution in [-0.4, -0.2) is 22.9 Å². The van der Waals surface area contributed by atoms with Crippen molar-refractivity contribution in [3.05, 3.63) is 29.3 Å². The molecule has 1 aliphatic rings. The molecule has 0 spiro atoms. The maximum atomic E-state index is 12.3. The predicted molar refractivity (Wildman–Crippen MR) is 74.0 cm³/mol. The van der Waals surface area contributed by atoms with E-state index in [4.69, 9.17) is 0 Å². The second-order valence-electron chi connectivity index (χ2n) is 5.04. The van der Waals surface area contributed by atoms with Crippen LogP contribution in [0.5, 0.6) is 0 Å². The summed E-state index contributed by atoms with van der Waals surface area (Å²) in [7, 11) is 0. The molecule has 0 bridgehead atoms. The van der Waals surface area contributed by atoms with E-state index in [1.54, 1.807) is 11.3 Å². The summed E-state index contributed by atoms with van der Waals surface area (Å²) in [6.07, 6.45) is 2.47. The molecule has 3 nitrogen and oxygen atoms in total. The average molecular weight is 260 g/mol. The lowest BCUT2D eigenvalue weighted by Gasteiger charge is -2.21. The van der Waals surface area contributed by atoms with Gasteiger partial charge in [-0.1, -0.05) is 12.1 Å². The maximum absolute atomic E-state index is 12.3. The third-order valence-corrected chi connectivity index (χ3v) is 4.67. The standard InChI is InChI=1S/C14H16N2OS/c1-14(7-4-8-15-14)12(17)9-13-16-10-5-2-3-6-11(10)18-13/h2-3,5-6,15H,4,7-9H2,1H3. The molecule has 18 heavy (non-hydrogen) atoms. The number of thiazole rings is 1. The van der Waals surface area contributed by atoms with Crippen LogP contribution in [0.1, 0.15) is 24.8 Å². The van der Waals surface area contributed by atoms with Gasteiger partial charge in [0.15, 0.2) is 5.78 Å². The molecule has 1 atom stereocenters. The first-order chi connectivity index (χ1) is 8.67. The summed E-state index contributed by atoms with van der Waals surface area (Å²) in [6.45, 7) is 2.96. The Morgan fingerprint density at radius 2 is 2.33 bits per heavy atom. The molecule has 0 saturated carbocycles. The largest absolute Gasteiger partial charge is 0.305 e. The molecule has 3 rings (SSSR count). The van der Waals surface area contributed by atoms with Gasteiger partial charge in [0.25, 0.3) is 0 Å². The van der Waals surface area contributed by atoms with E-state index < -0.39 is 0 Å². The number of rotatable bonds is 3.